The second-order valence-electron chi connectivity index (χ2n) is 5.87. The zero-order valence-electron chi connectivity index (χ0n) is 15.1. The van der Waals surface area contributed by atoms with E-state index in [9.17, 15) is 37.5 Å². The second kappa shape index (κ2) is 9.26. The lowest BCUT2D eigenvalue weighted by Gasteiger charge is -2.49. The maximum absolute atomic E-state index is 12.9. The van der Waals surface area contributed by atoms with Crippen LogP contribution in [0.25, 0.3) is 0 Å². The van der Waals surface area contributed by atoms with Gasteiger partial charge in [-0.05, 0) is 0 Å². The predicted octanol–water partition coefficient (Wildman–Crippen LogP) is 0.556. The molecule has 1 fully saturated rings. The fourth-order valence-electron chi connectivity index (χ4n) is 2.66. The summed E-state index contributed by atoms with van der Waals surface area (Å²) in [4.78, 5) is 48.1. The minimum absolute atomic E-state index is 0.0168. The van der Waals surface area contributed by atoms with Crippen LogP contribution >= 0.6 is 23.5 Å². The third-order valence-corrected chi connectivity index (χ3v) is 6.10. The largest absolute Gasteiger partial charge is 0.477 e. The number of nitrogens with zero attached hydrogens (tertiary/aromatic N) is 1. The molecule has 0 aromatic carbocycles. The number of methoxy groups -OCH3 is 1. The molecule has 0 aliphatic carbocycles. The van der Waals surface area contributed by atoms with Crippen LogP contribution in [-0.2, 0) is 28.7 Å². The van der Waals surface area contributed by atoms with Gasteiger partial charge >= 0.3 is 17.2 Å². The molecule has 162 valence electrons. The SMILES string of the molecule is COC(OC(C)=O)C1=C(C(=O)O)N2C(=O)[C@@H](NC(=O)CSC(F)(F)CF)[C@H]2SC1. The van der Waals surface area contributed by atoms with Crippen molar-refractivity contribution in [2.75, 3.05) is 25.3 Å². The molecule has 2 aliphatic heterocycles. The Morgan fingerprint density at radius 3 is 2.62 bits per heavy atom. The molecule has 2 aliphatic rings. The molecule has 2 heterocycles. The average Bonchev–Trinajstić information content (AvgIpc) is 2.67. The van der Waals surface area contributed by atoms with Crippen LogP contribution in [0.4, 0.5) is 13.2 Å². The zero-order chi connectivity index (χ0) is 21.9. The number of hydrogen-bond acceptors (Lipinski definition) is 8. The number of alkyl halides is 3. The molecule has 0 radical (unpaired) electrons. The fourth-order valence-corrected chi connectivity index (χ4v) is 4.52. The Labute approximate surface area is 171 Å². The minimum atomic E-state index is -3.72. The highest BCUT2D eigenvalue weighted by molar-refractivity contribution is 8.01. The van der Waals surface area contributed by atoms with Crippen molar-refractivity contribution in [1.82, 2.24) is 10.2 Å². The van der Waals surface area contributed by atoms with E-state index in [1.54, 1.807) is 0 Å². The van der Waals surface area contributed by atoms with Crippen LogP contribution in [0.15, 0.2) is 11.3 Å². The Hall–Kier alpha value is -1.93. The molecule has 2 rings (SSSR count). The molecule has 0 bridgehead atoms. The molecule has 3 atom stereocenters. The number of β-lactam (4-membered cyclic amide) rings is 1. The van der Waals surface area contributed by atoms with E-state index in [1.165, 1.54) is 7.11 Å². The Balaban J connectivity index is 2.13. The molecular formula is C15H17F3N2O7S2. The summed E-state index contributed by atoms with van der Waals surface area (Å²) in [5.74, 6) is -4.63. The van der Waals surface area contributed by atoms with Gasteiger partial charge in [0.25, 0.3) is 5.91 Å². The van der Waals surface area contributed by atoms with Gasteiger partial charge in [0.2, 0.25) is 12.2 Å². The third kappa shape index (κ3) is 5.17. The summed E-state index contributed by atoms with van der Waals surface area (Å²) in [5.41, 5.74) is -0.386. The zero-order valence-corrected chi connectivity index (χ0v) is 16.8. The molecular weight excluding hydrogens is 441 g/mol. The van der Waals surface area contributed by atoms with Gasteiger partial charge < -0.3 is 19.9 Å². The number of ether oxygens (including phenoxy) is 2. The minimum Gasteiger partial charge on any atom is -0.477 e. The fraction of sp³-hybridized carbons (Fsp3) is 0.600. The Kier molecular flexibility index (Phi) is 7.45. The van der Waals surface area contributed by atoms with Gasteiger partial charge in [-0.2, -0.15) is 8.78 Å². The van der Waals surface area contributed by atoms with Crippen LogP contribution in [-0.4, -0.2) is 82.0 Å². The Morgan fingerprint density at radius 2 is 2.10 bits per heavy atom. The third-order valence-electron chi connectivity index (χ3n) is 3.86. The first kappa shape index (κ1) is 23.3. The number of esters is 1. The van der Waals surface area contributed by atoms with Crippen molar-refractivity contribution in [3.63, 3.8) is 0 Å². The van der Waals surface area contributed by atoms with E-state index in [2.05, 4.69) is 5.32 Å². The van der Waals surface area contributed by atoms with Crippen molar-refractivity contribution in [2.45, 2.75) is 29.9 Å². The molecule has 2 N–H and O–H groups in total. The molecule has 0 spiro atoms. The topological polar surface area (TPSA) is 122 Å². The monoisotopic (exact) mass is 458 g/mol. The van der Waals surface area contributed by atoms with E-state index < -0.39 is 64.8 Å². The summed E-state index contributed by atoms with van der Waals surface area (Å²) in [6.07, 6.45) is -1.31. The molecule has 1 unspecified atom stereocenters. The van der Waals surface area contributed by atoms with Crippen LogP contribution < -0.4 is 5.32 Å². The van der Waals surface area contributed by atoms with E-state index in [0.29, 0.717) is 0 Å². The van der Waals surface area contributed by atoms with E-state index in [0.717, 1.165) is 23.6 Å². The van der Waals surface area contributed by atoms with Crippen molar-refractivity contribution in [2.24, 2.45) is 0 Å². The van der Waals surface area contributed by atoms with Crippen LogP contribution in [0.2, 0.25) is 0 Å². The number of carboxylic acid groups (broad SMARTS) is 1. The molecule has 29 heavy (non-hydrogen) atoms. The van der Waals surface area contributed by atoms with Gasteiger partial charge in [-0.15, -0.1) is 11.8 Å². The number of nitrogens with one attached hydrogen (secondary N) is 1. The second-order valence-corrected chi connectivity index (χ2v) is 8.15. The number of carboxylic acids is 1. The Morgan fingerprint density at radius 1 is 1.45 bits per heavy atom. The number of carbonyl (C=O) groups excluding carboxylic acids is 3. The number of halogens is 3. The number of hydrogen-bond donors (Lipinski definition) is 2. The van der Waals surface area contributed by atoms with Crippen LogP contribution in [0.5, 0.6) is 0 Å². The summed E-state index contributed by atoms with van der Waals surface area (Å²) >= 11 is 0.870. The van der Waals surface area contributed by atoms with Crippen molar-refractivity contribution in [3.05, 3.63) is 11.3 Å². The first-order valence-corrected chi connectivity index (χ1v) is 10.0. The first-order valence-electron chi connectivity index (χ1n) is 8.00. The molecule has 0 saturated carbocycles. The van der Waals surface area contributed by atoms with Gasteiger partial charge in [-0.3, -0.25) is 19.3 Å². The van der Waals surface area contributed by atoms with Crippen molar-refractivity contribution in [3.8, 4) is 0 Å². The molecule has 9 nitrogen and oxygen atoms in total. The first-order chi connectivity index (χ1) is 13.5. The van der Waals surface area contributed by atoms with Gasteiger partial charge in [-0.25, -0.2) is 9.18 Å². The lowest BCUT2D eigenvalue weighted by atomic mass is 10.0. The summed E-state index contributed by atoms with van der Waals surface area (Å²) in [7, 11) is 1.20. The van der Waals surface area contributed by atoms with Crippen molar-refractivity contribution in [1.29, 1.82) is 0 Å². The Bertz CT molecular complexity index is 749. The molecule has 0 aromatic rings. The smallest absolute Gasteiger partial charge is 0.352 e. The van der Waals surface area contributed by atoms with Crippen molar-refractivity contribution >= 4 is 47.3 Å². The van der Waals surface area contributed by atoms with E-state index in [1.807, 2.05) is 0 Å². The lowest BCUT2D eigenvalue weighted by molar-refractivity contribution is -0.165. The lowest BCUT2D eigenvalue weighted by Crippen LogP contribution is -2.71. The number of carbonyl (C=O) groups is 4. The molecule has 1 saturated heterocycles. The normalized spacial score (nSPS) is 22.5. The predicted molar refractivity (Wildman–Crippen MR) is 95.6 cm³/mol. The van der Waals surface area contributed by atoms with Gasteiger partial charge in [0, 0.05) is 25.4 Å². The van der Waals surface area contributed by atoms with Gasteiger partial charge in [0.05, 0.1) is 5.75 Å². The summed E-state index contributed by atoms with van der Waals surface area (Å²) in [6.45, 7) is -0.825. The number of amides is 2. The van der Waals surface area contributed by atoms with Gasteiger partial charge in [0.1, 0.15) is 17.1 Å². The highest BCUT2D eigenvalue weighted by Crippen LogP contribution is 2.41. The summed E-state index contributed by atoms with van der Waals surface area (Å²) in [6, 6.07) is -1.13. The molecule has 2 amide bonds. The average molecular weight is 458 g/mol. The number of aliphatic carboxylic acids is 1. The van der Waals surface area contributed by atoms with E-state index in [-0.39, 0.29) is 23.1 Å². The number of thioether (sulfide) groups is 2. The summed E-state index contributed by atoms with van der Waals surface area (Å²) in [5, 5.41) is 7.28. The number of rotatable bonds is 9. The van der Waals surface area contributed by atoms with E-state index in [4.69, 9.17) is 9.47 Å². The van der Waals surface area contributed by atoms with Gasteiger partial charge in [-0.1, -0.05) is 11.8 Å². The maximum Gasteiger partial charge on any atom is 0.352 e. The summed E-state index contributed by atoms with van der Waals surface area (Å²) < 4.78 is 47.8. The molecule has 14 heteroatoms. The highest BCUT2D eigenvalue weighted by Gasteiger charge is 2.55. The van der Waals surface area contributed by atoms with Crippen LogP contribution in [0, 0.1) is 0 Å². The van der Waals surface area contributed by atoms with Crippen LogP contribution in [0.3, 0.4) is 0 Å². The highest BCUT2D eigenvalue weighted by atomic mass is 32.2. The quantitative estimate of drug-likeness (QED) is 0.290. The number of fused-ring (bicyclic) bond motifs is 1. The maximum atomic E-state index is 12.9. The molecule has 0 aromatic heterocycles. The van der Waals surface area contributed by atoms with Crippen LogP contribution in [0.1, 0.15) is 6.92 Å². The van der Waals surface area contributed by atoms with Gasteiger partial charge in [0.15, 0.2) is 6.67 Å². The van der Waals surface area contributed by atoms with E-state index >= 15 is 0 Å². The standard InChI is InChI=1S/C15H17F3N2O7S2/c1-6(21)27-14(26-2)7-3-28-12-9(11(23)20(12)10(7)13(24)25)19-8(22)4-29-15(17,18)5-16/h9,12,14H,3-5H2,1-2H3,(H,19,22)(H,24,25)/t9-,12-,14?/m1/s1. The van der Waals surface area contributed by atoms with Crippen molar-refractivity contribution < 1.29 is 46.9 Å².